The van der Waals surface area contributed by atoms with Crippen molar-refractivity contribution in [2.24, 2.45) is 0 Å². The third-order valence-corrected chi connectivity index (χ3v) is 5.18. The standard InChI is InChI=1S/C28H25F3N2O6/c29-28(30,31)21-8-6-19(7-9-21)27(36)39-24-10-3-18(4-11-24)5-12-25(34)37-13-1-2-14-38-26(35)20-15-22(32)17-23(33)16-20/h3-12,15-17H,1-2,13-14,32-33H2/b12-5+. The second-order valence-corrected chi connectivity index (χ2v) is 8.27. The average molecular weight is 543 g/mol. The van der Waals surface area contributed by atoms with Crippen molar-refractivity contribution in [3.05, 3.63) is 95.1 Å². The highest BCUT2D eigenvalue weighted by Crippen LogP contribution is 2.29. The number of halogens is 3. The number of unbranched alkanes of at least 4 members (excludes halogenated alkanes) is 1. The van der Waals surface area contributed by atoms with E-state index in [4.69, 9.17) is 25.7 Å². The Kier molecular flexibility index (Phi) is 9.69. The summed E-state index contributed by atoms with van der Waals surface area (Å²) >= 11 is 0. The van der Waals surface area contributed by atoms with Crippen molar-refractivity contribution in [3.8, 4) is 5.75 Å². The van der Waals surface area contributed by atoms with Crippen molar-refractivity contribution >= 4 is 35.4 Å². The third-order valence-electron chi connectivity index (χ3n) is 5.18. The molecule has 0 aliphatic rings. The molecule has 3 rings (SSSR count). The molecule has 0 fully saturated rings. The van der Waals surface area contributed by atoms with E-state index in [-0.39, 0.29) is 30.1 Å². The molecule has 0 heterocycles. The summed E-state index contributed by atoms with van der Waals surface area (Å²) in [5, 5.41) is 0. The highest BCUT2D eigenvalue weighted by molar-refractivity contribution is 5.92. The van der Waals surface area contributed by atoms with Gasteiger partial charge in [-0.15, -0.1) is 0 Å². The number of ether oxygens (including phenoxy) is 3. The van der Waals surface area contributed by atoms with Gasteiger partial charge < -0.3 is 25.7 Å². The van der Waals surface area contributed by atoms with Gasteiger partial charge in [0.15, 0.2) is 0 Å². The van der Waals surface area contributed by atoms with E-state index in [1.54, 1.807) is 12.1 Å². The van der Waals surface area contributed by atoms with Crippen molar-refractivity contribution < 1.29 is 41.8 Å². The van der Waals surface area contributed by atoms with Crippen molar-refractivity contribution in [1.29, 1.82) is 0 Å². The molecule has 0 bridgehead atoms. The summed E-state index contributed by atoms with van der Waals surface area (Å²) in [4.78, 5) is 36.1. The molecule has 8 nitrogen and oxygen atoms in total. The van der Waals surface area contributed by atoms with Crippen LogP contribution in [0.2, 0.25) is 0 Å². The largest absolute Gasteiger partial charge is 0.463 e. The van der Waals surface area contributed by atoms with Gasteiger partial charge in [0.1, 0.15) is 5.75 Å². The molecule has 0 aromatic heterocycles. The van der Waals surface area contributed by atoms with Crippen LogP contribution in [-0.2, 0) is 20.4 Å². The van der Waals surface area contributed by atoms with Crippen LogP contribution in [0.15, 0.2) is 72.8 Å². The molecule has 0 radical (unpaired) electrons. The quantitative estimate of drug-likeness (QED) is 0.116. The molecule has 0 aliphatic heterocycles. The van der Waals surface area contributed by atoms with Crippen LogP contribution in [0.3, 0.4) is 0 Å². The lowest BCUT2D eigenvalue weighted by atomic mass is 10.1. The second-order valence-electron chi connectivity index (χ2n) is 8.27. The van der Waals surface area contributed by atoms with E-state index in [0.717, 1.165) is 24.3 Å². The first-order chi connectivity index (χ1) is 18.5. The van der Waals surface area contributed by atoms with Crippen LogP contribution >= 0.6 is 0 Å². The summed E-state index contributed by atoms with van der Waals surface area (Å²) in [5.74, 6) is -1.74. The molecule has 11 heteroatoms. The molecule has 0 unspecified atom stereocenters. The number of esters is 3. The van der Waals surface area contributed by atoms with Gasteiger partial charge in [-0.2, -0.15) is 13.2 Å². The smallest absolute Gasteiger partial charge is 0.416 e. The van der Waals surface area contributed by atoms with Gasteiger partial charge in [-0.05, 0) is 79.1 Å². The third kappa shape index (κ3) is 9.22. The Morgan fingerprint density at radius 2 is 1.33 bits per heavy atom. The van der Waals surface area contributed by atoms with Crippen LogP contribution < -0.4 is 16.2 Å². The van der Waals surface area contributed by atoms with Crippen molar-refractivity contribution in [2.75, 3.05) is 24.7 Å². The molecular weight excluding hydrogens is 517 g/mol. The fourth-order valence-corrected chi connectivity index (χ4v) is 3.24. The van der Waals surface area contributed by atoms with Crippen molar-refractivity contribution in [1.82, 2.24) is 0 Å². The molecule has 0 spiro atoms. The topological polar surface area (TPSA) is 131 Å². The lowest BCUT2D eigenvalue weighted by Gasteiger charge is -2.08. The molecule has 3 aromatic carbocycles. The SMILES string of the molecule is Nc1cc(N)cc(C(=O)OCCCCOC(=O)/C=C/c2ccc(OC(=O)c3ccc(C(F)(F)F)cc3)cc2)c1. The molecule has 0 saturated carbocycles. The van der Waals surface area contributed by atoms with Crippen LogP contribution in [-0.4, -0.2) is 31.1 Å². The van der Waals surface area contributed by atoms with Gasteiger partial charge in [-0.1, -0.05) is 12.1 Å². The first-order valence-corrected chi connectivity index (χ1v) is 11.7. The van der Waals surface area contributed by atoms with Crippen LogP contribution in [0, 0.1) is 0 Å². The predicted molar refractivity (Wildman–Crippen MR) is 138 cm³/mol. The van der Waals surface area contributed by atoms with Gasteiger partial charge in [0.05, 0.1) is 29.9 Å². The Morgan fingerprint density at radius 3 is 1.92 bits per heavy atom. The number of benzene rings is 3. The van der Waals surface area contributed by atoms with E-state index in [1.807, 2.05) is 0 Å². The number of alkyl halides is 3. The summed E-state index contributed by atoms with van der Waals surface area (Å²) in [6.07, 6.45) is -0.807. The fourth-order valence-electron chi connectivity index (χ4n) is 3.24. The van der Waals surface area contributed by atoms with E-state index in [1.165, 1.54) is 42.5 Å². The minimum atomic E-state index is -4.50. The zero-order valence-corrected chi connectivity index (χ0v) is 20.6. The molecular formula is C28H25F3N2O6. The van der Waals surface area contributed by atoms with E-state index in [0.29, 0.717) is 29.8 Å². The average Bonchev–Trinajstić information content (AvgIpc) is 2.89. The minimum Gasteiger partial charge on any atom is -0.463 e. The monoisotopic (exact) mass is 542 g/mol. The first-order valence-electron chi connectivity index (χ1n) is 11.7. The van der Waals surface area contributed by atoms with Crippen LogP contribution in [0.5, 0.6) is 5.75 Å². The van der Waals surface area contributed by atoms with Crippen LogP contribution in [0.25, 0.3) is 6.08 Å². The Labute approximate surface area is 222 Å². The van der Waals surface area contributed by atoms with Gasteiger partial charge in [0.25, 0.3) is 0 Å². The molecule has 204 valence electrons. The van der Waals surface area contributed by atoms with E-state index in [9.17, 15) is 27.6 Å². The van der Waals surface area contributed by atoms with Gasteiger partial charge in [0, 0.05) is 17.5 Å². The normalized spacial score (nSPS) is 11.3. The van der Waals surface area contributed by atoms with Gasteiger partial charge in [-0.3, -0.25) is 0 Å². The molecule has 4 N–H and O–H groups in total. The highest BCUT2D eigenvalue weighted by Gasteiger charge is 2.30. The predicted octanol–water partition coefficient (Wildman–Crippen LogP) is 5.28. The second kappa shape index (κ2) is 13.1. The maximum atomic E-state index is 12.6. The van der Waals surface area contributed by atoms with Crippen molar-refractivity contribution in [2.45, 2.75) is 19.0 Å². The maximum Gasteiger partial charge on any atom is 0.416 e. The summed E-state index contributed by atoms with van der Waals surface area (Å²) < 4.78 is 53.4. The maximum absolute atomic E-state index is 12.6. The number of nitrogen functional groups attached to an aromatic ring is 2. The Hall–Kier alpha value is -4.80. The van der Waals surface area contributed by atoms with Gasteiger partial charge >= 0.3 is 24.1 Å². The van der Waals surface area contributed by atoms with Gasteiger partial charge in [-0.25, -0.2) is 14.4 Å². The summed E-state index contributed by atoms with van der Waals surface area (Å²) in [7, 11) is 0. The number of hydrogen-bond acceptors (Lipinski definition) is 8. The van der Waals surface area contributed by atoms with Crippen LogP contribution in [0.1, 0.15) is 44.7 Å². The lowest BCUT2D eigenvalue weighted by Crippen LogP contribution is -2.10. The fraction of sp³-hybridized carbons (Fsp3) is 0.179. The minimum absolute atomic E-state index is 0.0283. The van der Waals surface area contributed by atoms with E-state index >= 15 is 0 Å². The number of carbonyl (C=O) groups is 3. The van der Waals surface area contributed by atoms with E-state index in [2.05, 4.69) is 0 Å². The van der Waals surface area contributed by atoms with E-state index < -0.39 is 29.6 Å². The summed E-state index contributed by atoms with van der Waals surface area (Å²) in [6.45, 7) is 0.265. The number of rotatable bonds is 10. The zero-order chi connectivity index (χ0) is 28.4. The Bertz CT molecular complexity index is 1320. The summed E-state index contributed by atoms with van der Waals surface area (Å²) in [6, 6.07) is 14.3. The highest BCUT2D eigenvalue weighted by atomic mass is 19.4. The number of hydrogen-bond donors (Lipinski definition) is 2. The van der Waals surface area contributed by atoms with Gasteiger partial charge in [0.2, 0.25) is 0 Å². The molecule has 0 aliphatic carbocycles. The molecule has 39 heavy (non-hydrogen) atoms. The lowest BCUT2D eigenvalue weighted by molar-refractivity contribution is -0.138. The number of carbonyl (C=O) groups excluding carboxylic acids is 3. The molecule has 3 aromatic rings. The Balaban J connectivity index is 1.36. The number of nitrogens with two attached hydrogens (primary N) is 2. The zero-order valence-electron chi connectivity index (χ0n) is 20.6. The molecule has 0 amide bonds. The van der Waals surface area contributed by atoms with Crippen LogP contribution in [0.4, 0.5) is 24.5 Å². The van der Waals surface area contributed by atoms with Crippen molar-refractivity contribution in [3.63, 3.8) is 0 Å². The molecule has 0 saturated heterocycles. The Morgan fingerprint density at radius 1 is 0.744 bits per heavy atom. The summed E-state index contributed by atoms with van der Waals surface area (Å²) in [5.41, 5.74) is 12.0. The first kappa shape index (κ1) is 28.8. The molecule has 0 atom stereocenters. The number of anilines is 2.